The lowest BCUT2D eigenvalue weighted by molar-refractivity contribution is -0.146. The van der Waals surface area contributed by atoms with E-state index in [-0.39, 0.29) is 58.1 Å². The van der Waals surface area contributed by atoms with E-state index in [0.29, 0.717) is 12.1 Å². The van der Waals surface area contributed by atoms with Gasteiger partial charge in [-0.05, 0) is 48.6 Å². The van der Waals surface area contributed by atoms with E-state index in [4.69, 9.17) is 14.6 Å². The smallest absolute Gasteiger partial charge is 0.305 e. The number of allylic oxidation sites excluding steroid dienone is 2. The SMILES string of the molecule is C=CCCCCC(=O)OC[C@H](NC(=O)[C@@H](CC=C)CC(=O)NCCOCCO)C(=O)Nc1ccc2ccccc2c1. The van der Waals surface area contributed by atoms with Crippen LogP contribution in [-0.4, -0.2) is 67.8 Å². The molecular formula is C31H41N3O7. The Kier molecular flexibility index (Phi) is 15.5. The number of amides is 3. The lowest BCUT2D eigenvalue weighted by atomic mass is 9.99. The lowest BCUT2D eigenvalue weighted by Gasteiger charge is -2.22. The summed E-state index contributed by atoms with van der Waals surface area (Å²) < 4.78 is 10.5. The van der Waals surface area contributed by atoms with Crippen molar-refractivity contribution >= 4 is 40.2 Å². The highest BCUT2D eigenvalue weighted by Crippen LogP contribution is 2.19. The minimum absolute atomic E-state index is 0.115. The van der Waals surface area contributed by atoms with Crippen molar-refractivity contribution in [2.45, 2.75) is 44.6 Å². The molecule has 0 aromatic heterocycles. The number of hydrogen-bond acceptors (Lipinski definition) is 7. The van der Waals surface area contributed by atoms with Gasteiger partial charge < -0.3 is 30.5 Å². The predicted molar refractivity (Wildman–Crippen MR) is 158 cm³/mol. The molecule has 2 aromatic rings. The number of carbonyl (C=O) groups is 4. The van der Waals surface area contributed by atoms with Gasteiger partial charge in [0.2, 0.25) is 11.8 Å². The van der Waals surface area contributed by atoms with Gasteiger partial charge in [-0.1, -0.05) is 42.5 Å². The fourth-order valence-corrected chi connectivity index (χ4v) is 3.98. The van der Waals surface area contributed by atoms with Gasteiger partial charge in [-0.3, -0.25) is 19.2 Å². The summed E-state index contributed by atoms with van der Waals surface area (Å²) in [6.45, 7) is 7.47. The molecule has 3 amide bonds. The second-order valence-electron chi connectivity index (χ2n) is 9.44. The van der Waals surface area contributed by atoms with Crippen LogP contribution in [0.1, 0.15) is 38.5 Å². The first kappa shape index (κ1) is 33.2. The number of hydrogen-bond donors (Lipinski definition) is 4. The van der Waals surface area contributed by atoms with E-state index in [9.17, 15) is 19.2 Å². The Morgan fingerprint density at radius 2 is 1.73 bits per heavy atom. The molecule has 2 rings (SSSR count). The van der Waals surface area contributed by atoms with Gasteiger partial charge >= 0.3 is 5.97 Å². The predicted octanol–water partition coefficient (Wildman–Crippen LogP) is 3.26. The fraction of sp³-hybridized carbons (Fsp3) is 0.419. The Balaban J connectivity index is 2.07. The standard InChI is InChI=1S/C31H41N3O7/c1-3-5-6-7-13-29(37)41-22-27(31(39)33-26-15-14-23-11-8-9-12-24(23)20-26)34-30(38)25(10-4-2)21-28(36)32-16-18-40-19-17-35/h3-4,8-9,11-12,14-15,20,25,27,35H,1-2,5-7,10,13,16-19,21-22H2,(H,32,36)(H,33,39)(H,34,38)/t25-,27-/m0/s1. The van der Waals surface area contributed by atoms with Gasteiger partial charge in [0.25, 0.3) is 5.91 Å². The summed E-state index contributed by atoms with van der Waals surface area (Å²) in [6, 6.07) is 11.9. The third-order valence-corrected chi connectivity index (χ3v) is 6.16. The first-order valence-corrected chi connectivity index (χ1v) is 13.8. The molecule has 2 atom stereocenters. The average molecular weight is 568 g/mol. The van der Waals surface area contributed by atoms with E-state index in [1.807, 2.05) is 36.4 Å². The molecule has 4 N–H and O–H groups in total. The normalized spacial score (nSPS) is 12.1. The van der Waals surface area contributed by atoms with Crippen molar-refractivity contribution in [3.05, 3.63) is 67.8 Å². The van der Waals surface area contributed by atoms with Crippen molar-refractivity contribution in [1.82, 2.24) is 10.6 Å². The molecule has 10 nitrogen and oxygen atoms in total. The Labute approximate surface area is 241 Å². The van der Waals surface area contributed by atoms with E-state index in [1.165, 1.54) is 6.08 Å². The van der Waals surface area contributed by atoms with Gasteiger partial charge in [-0.25, -0.2) is 0 Å². The van der Waals surface area contributed by atoms with Crippen molar-refractivity contribution < 1.29 is 33.8 Å². The largest absolute Gasteiger partial charge is 0.463 e. The summed E-state index contributed by atoms with van der Waals surface area (Å²) in [7, 11) is 0. The number of fused-ring (bicyclic) bond motifs is 1. The molecule has 0 heterocycles. The molecule has 0 aliphatic heterocycles. The molecule has 0 radical (unpaired) electrons. The highest BCUT2D eigenvalue weighted by atomic mass is 16.5. The maximum Gasteiger partial charge on any atom is 0.305 e. The highest BCUT2D eigenvalue weighted by Gasteiger charge is 2.28. The van der Waals surface area contributed by atoms with Crippen LogP contribution in [0.3, 0.4) is 0 Å². The fourth-order valence-electron chi connectivity index (χ4n) is 3.98. The topological polar surface area (TPSA) is 143 Å². The number of aliphatic hydroxyl groups excluding tert-OH is 1. The molecule has 0 fully saturated rings. The van der Waals surface area contributed by atoms with E-state index in [0.717, 1.165) is 23.6 Å². The molecule has 0 bridgehead atoms. The number of aliphatic hydroxyl groups is 1. The summed E-state index contributed by atoms with van der Waals surface area (Å²) in [5.74, 6) is -2.75. The van der Waals surface area contributed by atoms with E-state index < -0.39 is 29.7 Å². The lowest BCUT2D eigenvalue weighted by Crippen LogP contribution is -2.49. The minimum Gasteiger partial charge on any atom is -0.463 e. The molecule has 0 spiro atoms. The molecule has 41 heavy (non-hydrogen) atoms. The molecule has 2 aromatic carbocycles. The van der Waals surface area contributed by atoms with Gasteiger partial charge in [0.15, 0.2) is 0 Å². The molecule has 0 saturated heterocycles. The Hall–Kier alpha value is -4.02. The van der Waals surface area contributed by atoms with Crippen LogP contribution in [0.25, 0.3) is 10.8 Å². The zero-order valence-corrected chi connectivity index (χ0v) is 23.4. The zero-order valence-electron chi connectivity index (χ0n) is 23.4. The second-order valence-corrected chi connectivity index (χ2v) is 9.44. The third kappa shape index (κ3) is 12.8. The maximum absolute atomic E-state index is 13.3. The minimum atomic E-state index is -1.19. The van der Waals surface area contributed by atoms with Crippen molar-refractivity contribution in [3.8, 4) is 0 Å². The number of unbranched alkanes of at least 4 members (excludes halogenated alkanes) is 2. The van der Waals surface area contributed by atoms with Crippen LogP contribution in [0.4, 0.5) is 5.69 Å². The number of carbonyl (C=O) groups excluding carboxylic acids is 4. The number of anilines is 1. The van der Waals surface area contributed by atoms with Crippen LogP contribution in [0, 0.1) is 5.92 Å². The van der Waals surface area contributed by atoms with Gasteiger partial charge in [0, 0.05) is 25.1 Å². The van der Waals surface area contributed by atoms with Crippen LogP contribution < -0.4 is 16.0 Å². The molecular weight excluding hydrogens is 526 g/mol. The number of nitrogens with one attached hydrogen (secondary N) is 3. The van der Waals surface area contributed by atoms with E-state index in [1.54, 1.807) is 12.1 Å². The molecule has 0 aliphatic carbocycles. The maximum atomic E-state index is 13.3. The Morgan fingerprint density at radius 3 is 2.46 bits per heavy atom. The van der Waals surface area contributed by atoms with Crippen molar-refractivity contribution in [1.29, 1.82) is 0 Å². The Morgan fingerprint density at radius 1 is 0.951 bits per heavy atom. The van der Waals surface area contributed by atoms with Crippen molar-refractivity contribution in [3.63, 3.8) is 0 Å². The van der Waals surface area contributed by atoms with Gasteiger partial charge in [-0.2, -0.15) is 0 Å². The number of esters is 1. The van der Waals surface area contributed by atoms with Crippen molar-refractivity contribution in [2.24, 2.45) is 5.92 Å². The number of ether oxygens (including phenoxy) is 2. The second kappa shape index (κ2) is 19.1. The van der Waals surface area contributed by atoms with Gasteiger partial charge in [0.1, 0.15) is 12.6 Å². The van der Waals surface area contributed by atoms with Gasteiger partial charge in [-0.15, -0.1) is 13.2 Å². The van der Waals surface area contributed by atoms with E-state index >= 15 is 0 Å². The molecule has 10 heteroatoms. The van der Waals surface area contributed by atoms with Gasteiger partial charge in [0.05, 0.1) is 25.7 Å². The molecule has 0 aliphatic rings. The summed E-state index contributed by atoms with van der Waals surface area (Å²) in [6.07, 6.45) is 5.74. The quantitative estimate of drug-likeness (QED) is 0.109. The van der Waals surface area contributed by atoms with Crippen LogP contribution in [0.5, 0.6) is 0 Å². The molecule has 222 valence electrons. The molecule has 0 unspecified atom stereocenters. The van der Waals surface area contributed by atoms with Crippen LogP contribution >= 0.6 is 0 Å². The Bertz CT molecular complexity index is 1170. The summed E-state index contributed by atoms with van der Waals surface area (Å²) in [5, 5.41) is 18.8. The van der Waals surface area contributed by atoms with Crippen LogP contribution in [0.2, 0.25) is 0 Å². The van der Waals surface area contributed by atoms with Crippen LogP contribution in [-0.2, 0) is 28.7 Å². The highest BCUT2D eigenvalue weighted by molar-refractivity contribution is 5.99. The summed E-state index contributed by atoms with van der Waals surface area (Å²) in [5.41, 5.74) is 0.522. The van der Waals surface area contributed by atoms with Crippen molar-refractivity contribution in [2.75, 3.05) is 38.3 Å². The zero-order chi connectivity index (χ0) is 29.9. The molecule has 0 saturated carbocycles. The third-order valence-electron chi connectivity index (χ3n) is 6.16. The number of rotatable bonds is 20. The monoisotopic (exact) mass is 567 g/mol. The first-order chi connectivity index (χ1) is 19.9. The summed E-state index contributed by atoms with van der Waals surface area (Å²) >= 11 is 0. The van der Waals surface area contributed by atoms with Crippen LogP contribution in [0.15, 0.2) is 67.8 Å². The summed E-state index contributed by atoms with van der Waals surface area (Å²) in [4.78, 5) is 51.2. The number of benzene rings is 2. The van der Waals surface area contributed by atoms with E-state index in [2.05, 4.69) is 29.1 Å². The average Bonchev–Trinajstić information content (AvgIpc) is 2.96. The first-order valence-electron chi connectivity index (χ1n) is 13.8.